The minimum absolute atomic E-state index is 0.151. The molecule has 0 unspecified atom stereocenters. The Morgan fingerprint density at radius 1 is 0.929 bits per heavy atom. The molecular formula is C36H35F2N3O. The van der Waals surface area contributed by atoms with Crippen LogP contribution in [-0.2, 0) is 13.1 Å². The highest BCUT2D eigenvalue weighted by molar-refractivity contribution is 6.10. The minimum Gasteiger partial charge on any atom is -0.294 e. The number of nitriles is 1. The molecule has 1 heterocycles. The number of likely N-dealkylation sites (tertiary alicyclic amines) is 1. The quantitative estimate of drug-likeness (QED) is 0.188. The van der Waals surface area contributed by atoms with Crippen molar-refractivity contribution in [2.24, 2.45) is 5.92 Å². The van der Waals surface area contributed by atoms with Gasteiger partial charge in [-0.05, 0) is 46.7 Å². The van der Waals surface area contributed by atoms with Gasteiger partial charge in [-0.1, -0.05) is 92.7 Å². The average molecular weight is 564 g/mol. The van der Waals surface area contributed by atoms with Crippen molar-refractivity contribution in [2.75, 3.05) is 13.1 Å². The second-order valence-electron chi connectivity index (χ2n) is 11.4. The molecule has 1 fully saturated rings. The molecule has 4 nitrogen and oxygen atoms in total. The summed E-state index contributed by atoms with van der Waals surface area (Å²) in [7, 11) is 0. The van der Waals surface area contributed by atoms with Crippen LogP contribution in [0, 0.1) is 28.9 Å². The lowest BCUT2D eigenvalue weighted by molar-refractivity contribution is 0.103. The Morgan fingerprint density at radius 2 is 1.62 bits per heavy atom. The van der Waals surface area contributed by atoms with E-state index in [1.54, 1.807) is 12.1 Å². The first-order valence-electron chi connectivity index (χ1n) is 14.4. The third kappa shape index (κ3) is 6.65. The van der Waals surface area contributed by atoms with Crippen LogP contribution >= 0.6 is 0 Å². The highest BCUT2D eigenvalue weighted by atomic mass is 19.1. The van der Waals surface area contributed by atoms with E-state index in [1.807, 2.05) is 18.2 Å². The monoisotopic (exact) mass is 563 g/mol. The summed E-state index contributed by atoms with van der Waals surface area (Å²) in [5, 5.41) is 10.1. The zero-order valence-corrected chi connectivity index (χ0v) is 24.0. The molecule has 1 saturated heterocycles. The smallest absolute Gasteiger partial charge is 0.196 e. The summed E-state index contributed by atoms with van der Waals surface area (Å²) in [6, 6.07) is 31.3. The number of halogens is 2. The van der Waals surface area contributed by atoms with E-state index in [1.165, 1.54) is 22.8 Å². The van der Waals surface area contributed by atoms with Crippen LogP contribution in [0.25, 0.3) is 11.1 Å². The van der Waals surface area contributed by atoms with E-state index in [4.69, 9.17) is 0 Å². The van der Waals surface area contributed by atoms with E-state index in [2.05, 4.69) is 78.2 Å². The van der Waals surface area contributed by atoms with Gasteiger partial charge in [-0.15, -0.1) is 0 Å². The summed E-state index contributed by atoms with van der Waals surface area (Å²) in [6.07, 6.45) is 0.694. The van der Waals surface area contributed by atoms with Gasteiger partial charge in [0.25, 0.3) is 0 Å². The number of hydrogen-bond donors (Lipinski definition) is 0. The third-order valence-corrected chi connectivity index (χ3v) is 7.93. The van der Waals surface area contributed by atoms with Crippen molar-refractivity contribution in [3.63, 3.8) is 0 Å². The van der Waals surface area contributed by atoms with Gasteiger partial charge in [-0.3, -0.25) is 14.6 Å². The molecule has 0 radical (unpaired) electrons. The molecular weight excluding hydrogens is 528 g/mol. The number of carbonyl (C=O) groups excluding carboxylic acids is 1. The lowest BCUT2D eigenvalue weighted by Crippen LogP contribution is -2.39. The molecule has 1 aliphatic rings. The maximum Gasteiger partial charge on any atom is 0.196 e. The predicted octanol–water partition coefficient (Wildman–Crippen LogP) is 7.49. The van der Waals surface area contributed by atoms with Gasteiger partial charge in [0, 0.05) is 43.9 Å². The summed E-state index contributed by atoms with van der Waals surface area (Å²) < 4.78 is 28.0. The molecule has 0 spiro atoms. The fraction of sp³-hybridized carbons (Fsp3) is 0.278. The van der Waals surface area contributed by atoms with Crippen molar-refractivity contribution >= 4 is 5.78 Å². The molecule has 42 heavy (non-hydrogen) atoms. The summed E-state index contributed by atoms with van der Waals surface area (Å²) >= 11 is 0. The van der Waals surface area contributed by atoms with E-state index in [9.17, 15) is 18.8 Å². The maximum absolute atomic E-state index is 14.5. The maximum atomic E-state index is 14.5. The molecule has 0 bridgehead atoms. The number of nitrogens with zero attached hydrogens (tertiary/aromatic N) is 3. The minimum atomic E-state index is -0.883. The van der Waals surface area contributed by atoms with Crippen molar-refractivity contribution < 1.29 is 13.6 Å². The van der Waals surface area contributed by atoms with E-state index in [0.29, 0.717) is 31.0 Å². The molecule has 0 N–H and O–H groups in total. The van der Waals surface area contributed by atoms with E-state index in [-0.39, 0.29) is 17.6 Å². The first-order valence-corrected chi connectivity index (χ1v) is 14.4. The Balaban J connectivity index is 1.39. The van der Waals surface area contributed by atoms with Crippen LogP contribution in [-0.4, -0.2) is 40.8 Å². The van der Waals surface area contributed by atoms with Gasteiger partial charge in [0.1, 0.15) is 11.6 Å². The number of hydrogen-bond acceptors (Lipinski definition) is 4. The lowest BCUT2D eigenvalue weighted by atomic mass is 9.97. The number of rotatable bonds is 10. The highest BCUT2D eigenvalue weighted by Crippen LogP contribution is 2.30. The van der Waals surface area contributed by atoms with Gasteiger partial charge in [0.05, 0.1) is 17.7 Å². The molecule has 0 aliphatic carbocycles. The molecule has 4 aromatic rings. The van der Waals surface area contributed by atoms with Crippen LogP contribution < -0.4 is 0 Å². The van der Waals surface area contributed by atoms with Crippen LogP contribution in [0.4, 0.5) is 8.78 Å². The Bertz CT molecular complexity index is 1580. The molecule has 5 rings (SSSR count). The first-order chi connectivity index (χ1) is 20.3. The Morgan fingerprint density at radius 3 is 2.33 bits per heavy atom. The zero-order valence-electron chi connectivity index (χ0n) is 24.0. The van der Waals surface area contributed by atoms with Gasteiger partial charge < -0.3 is 0 Å². The molecule has 1 aliphatic heterocycles. The van der Waals surface area contributed by atoms with Crippen molar-refractivity contribution in [1.82, 2.24) is 9.80 Å². The standard InChI is InChI=1S/C36H35F2N3O/c1-25(2)21-40(22-27-12-6-8-14-32(27)26-10-4-3-5-11-26)31-19-30(20-39)41(24-31)23-28-13-7-9-15-33(28)36(42)34-17-16-29(37)18-35(34)38/h3-18,25,30-31H,19,21-24H2,1-2H3/t30-,31+/m0/s1. The van der Waals surface area contributed by atoms with E-state index >= 15 is 0 Å². The summed E-state index contributed by atoms with van der Waals surface area (Å²) in [4.78, 5) is 17.9. The second-order valence-corrected chi connectivity index (χ2v) is 11.4. The lowest BCUT2D eigenvalue weighted by Gasteiger charge is -2.31. The van der Waals surface area contributed by atoms with Gasteiger partial charge in [0.2, 0.25) is 0 Å². The number of carbonyl (C=O) groups is 1. The molecule has 2 atom stereocenters. The number of benzene rings is 4. The Kier molecular flexibility index (Phi) is 9.22. The molecule has 0 aromatic heterocycles. The molecule has 0 saturated carbocycles. The van der Waals surface area contributed by atoms with E-state index in [0.717, 1.165) is 30.8 Å². The average Bonchev–Trinajstić information content (AvgIpc) is 3.40. The van der Waals surface area contributed by atoms with E-state index < -0.39 is 17.4 Å². The van der Waals surface area contributed by atoms with Gasteiger partial charge in [0.15, 0.2) is 5.78 Å². The first kappa shape index (κ1) is 29.3. The van der Waals surface area contributed by atoms with Crippen LogP contribution in [0.15, 0.2) is 97.1 Å². The van der Waals surface area contributed by atoms with Crippen molar-refractivity contribution in [1.29, 1.82) is 5.26 Å². The summed E-state index contributed by atoms with van der Waals surface area (Å²) in [5.41, 5.74) is 4.54. The topological polar surface area (TPSA) is 47.3 Å². The van der Waals surface area contributed by atoms with Crippen molar-refractivity contribution in [3.05, 3.63) is 131 Å². The van der Waals surface area contributed by atoms with Crippen LogP contribution in [0.2, 0.25) is 0 Å². The fourth-order valence-corrected chi connectivity index (χ4v) is 5.96. The normalized spacial score (nSPS) is 17.1. The van der Waals surface area contributed by atoms with Crippen LogP contribution in [0.1, 0.15) is 47.3 Å². The van der Waals surface area contributed by atoms with Crippen LogP contribution in [0.3, 0.4) is 0 Å². The van der Waals surface area contributed by atoms with Gasteiger partial charge >= 0.3 is 0 Å². The molecule has 4 aromatic carbocycles. The number of ketones is 1. The molecule has 214 valence electrons. The third-order valence-electron chi connectivity index (χ3n) is 7.93. The largest absolute Gasteiger partial charge is 0.294 e. The Hall–Kier alpha value is -4.18. The fourth-order valence-electron chi connectivity index (χ4n) is 5.96. The zero-order chi connectivity index (χ0) is 29.6. The molecule has 6 heteroatoms. The van der Waals surface area contributed by atoms with Crippen molar-refractivity contribution in [2.45, 2.75) is 45.4 Å². The SMILES string of the molecule is CC(C)CN(Cc1ccccc1-c1ccccc1)[C@@H]1C[C@@H](C#N)N(Cc2ccccc2C(=O)c2ccc(F)cc2F)C1. The predicted molar refractivity (Wildman–Crippen MR) is 162 cm³/mol. The summed E-state index contributed by atoms with van der Waals surface area (Å²) in [6.45, 7) is 7.13. The van der Waals surface area contributed by atoms with Gasteiger partial charge in [-0.25, -0.2) is 8.78 Å². The second kappa shape index (κ2) is 13.2. The summed E-state index contributed by atoms with van der Waals surface area (Å²) in [5.74, 6) is -1.67. The Labute approximate surface area is 246 Å². The van der Waals surface area contributed by atoms with Crippen molar-refractivity contribution in [3.8, 4) is 17.2 Å². The van der Waals surface area contributed by atoms with Gasteiger partial charge in [-0.2, -0.15) is 5.26 Å². The highest BCUT2D eigenvalue weighted by Gasteiger charge is 2.36. The molecule has 0 amide bonds. The van der Waals surface area contributed by atoms with Crippen LogP contribution in [0.5, 0.6) is 0 Å².